The Morgan fingerprint density at radius 1 is 0.681 bits per heavy atom. The molecule has 378 valence electrons. The van der Waals surface area contributed by atoms with Crippen molar-refractivity contribution in [3.8, 4) is 11.5 Å². The number of anilines is 8. The number of nitrogens with zero attached hydrogens (tertiary/aromatic N) is 8. The fourth-order valence-electron chi connectivity index (χ4n) is 7.21. The molecule has 0 unspecified atom stereocenters. The van der Waals surface area contributed by atoms with Crippen molar-refractivity contribution in [2.75, 3.05) is 88.9 Å². The Labute approximate surface area is 420 Å². The van der Waals surface area contributed by atoms with Gasteiger partial charge >= 0.3 is 0 Å². The van der Waals surface area contributed by atoms with Gasteiger partial charge in [-0.3, -0.25) is 9.59 Å². The molecule has 3 heterocycles. The molecule has 1 aliphatic rings. The molecule has 0 saturated carbocycles. The van der Waals surface area contributed by atoms with E-state index in [1.54, 1.807) is 48.2 Å². The van der Waals surface area contributed by atoms with Gasteiger partial charge in [-0.15, -0.1) is 0 Å². The van der Waals surface area contributed by atoms with Crippen LogP contribution in [0.3, 0.4) is 0 Å². The van der Waals surface area contributed by atoms with E-state index in [1.807, 2.05) is 79.8 Å². The van der Waals surface area contributed by atoms with E-state index in [-0.39, 0.29) is 35.3 Å². The summed E-state index contributed by atoms with van der Waals surface area (Å²) >= 11 is 0. The van der Waals surface area contributed by atoms with E-state index in [1.165, 1.54) is 12.2 Å². The van der Waals surface area contributed by atoms with Gasteiger partial charge in [-0.1, -0.05) is 56.5 Å². The molecular weight excluding hydrogens is 919 g/mol. The van der Waals surface area contributed by atoms with Crippen LogP contribution in [0.2, 0.25) is 0 Å². The second kappa shape index (κ2) is 26.9. The average molecular weight is 983 g/mol. The number of ether oxygens (including phenoxy) is 2. The van der Waals surface area contributed by atoms with Crippen LogP contribution in [0.1, 0.15) is 30.9 Å². The molecule has 0 bridgehead atoms. The Morgan fingerprint density at radius 2 is 1.14 bits per heavy atom. The van der Waals surface area contributed by atoms with Crippen molar-refractivity contribution in [2.24, 2.45) is 5.92 Å². The number of hydrogen-bond donors (Lipinski definition) is 4. The monoisotopic (exact) mass is 983 g/mol. The highest BCUT2D eigenvalue weighted by molar-refractivity contribution is 5.87. The molecule has 1 aliphatic heterocycles. The van der Waals surface area contributed by atoms with Crippen LogP contribution in [0.15, 0.2) is 135 Å². The first-order valence-electron chi connectivity index (χ1n) is 23.7. The summed E-state index contributed by atoms with van der Waals surface area (Å²) in [7, 11) is 7.60. The lowest BCUT2D eigenvalue weighted by atomic mass is 9.98. The molecule has 0 spiro atoms. The number of benzene rings is 4. The number of carbonyl (C=O) groups excluding carboxylic acids is 2. The number of piperidine rings is 1. The third kappa shape index (κ3) is 16.9. The van der Waals surface area contributed by atoms with Crippen molar-refractivity contribution < 1.29 is 27.8 Å². The van der Waals surface area contributed by atoms with Gasteiger partial charge < -0.3 is 50.3 Å². The summed E-state index contributed by atoms with van der Waals surface area (Å²) in [6, 6.07) is 29.7. The van der Waals surface area contributed by atoms with Gasteiger partial charge in [0.25, 0.3) is 0 Å². The van der Waals surface area contributed by atoms with Crippen molar-refractivity contribution in [2.45, 2.75) is 32.9 Å². The number of nitrogens with one attached hydrogen (secondary N) is 4. The van der Waals surface area contributed by atoms with Gasteiger partial charge in [-0.05, 0) is 124 Å². The molecule has 1 saturated heterocycles. The zero-order valence-corrected chi connectivity index (χ0v) is 41.6. The second-order valence-electron chi connectivity index (χ2n) is 17.3. The molecule has 0 aliphatic carbocycles. The molecule has 2 aromatic heterocycles. The van der Waals surface area contributed by atoms with Gasteiger partial charge in [0, 0.05) is 68.6 Å². The number of likely N-dealkylation sites (N-methyl/N-ethyl adjacent to an activating group) is 3. The predicted octanol–water partition coefficient (Wildman–Crippen LogP) is 9.55. The zero-order valence-electron chi connectivity index (χ0n) is 41.6. The van der Waals surface area contributed by atoms with E-state index in [9.17, 15) is 18.4 Å². The molecule has 2 amide bonds. The first kappa shape index (κ1) is 53.4. The molecule has 0 atom stereocenters. The highest BCUT2D eigenvalue weighted by Gasteiger charge is 2.18. The first-order valence-corrected chi connectivity index (χ1v) is 23.7. The minimum atomic E-state index is -0.576. The Bertz CT molecular complexity index is 2720. The minimum Gasteiger partial charge on any atom is -0.493 e. The van der Waals surface area contributed by atoms with E-state index in [0.717, 1.165) is 85.4 Å². The quantitative estimate of drug-likeness (QED) is 0.0475. The maximum atomic E-state index is 14.4. The molecule has 0 radical (unpaired) electrons. The van der Waals surface area contributed by atoms with E-state index in [2.05, 4.69) is 78.1 Å². The van der Waals surface area contributed by atoms with Crippen LogP contribution in [0.25, 0.3) is 0 Å². The largest absolute Gasteiger partial charge is 0.493 e. The van der Waals surface area contributed by atoms with E-state index < -0.39 is 11.6 Å². The van der Waals surface area contributed by atoms with Crippen LogP contribution >= 0.6 is 0 Å². The number of halogens is 2. The number of amides is 2. The van der Waals surface area contributed by atoms with Crippen LogP contribution in [-0.4, -0.2) is 119 Å². The SMILES string of the molecule is C=CC(=O)N(C)Cc1ccc(Nc2nc(Nc3cccc(OCC4CCN(C)CC4)c3)ncc2F)cc1.C=CC(=O)N(C)Cc1ccc(Nc2nc(Nc3cccc(OCCN(C)CC)c3)ncc2F)cc1. The number of likely N-dealkylation sites (tertiary alicyclic amines) is 1. The molecule has 6 aromatic rings. The highest BCUT2D eigenvalue weighted by atomic mass is 19.1. The smallest absolute Gasteiger partial charge is 0.245 e. The summed E-state index contributed by atoms with van der Waals surface area (Å²) in [6.45, 7) is 15.2. The van der Waals surface area contributed by atoms with Crippen molar-refractivity contribution in [1.29, 1.82) is 0 Å². The third-order valence-electron chi connectivity index (χ3n) is 11.6. The van der Waals surface area contributed by atoms with Gasteiger partial charge in [-0.2, -0.15) is 9.97 Å². The summed E-state index contributed by atoms with van der Waals surface area (Å²) in [5.41, 5.74) is 4.66. The van der Waals surface area contributed by atoms with Gasteiger partial charge in [0.15, 0.2) is 23.3 Å². The van der Waals surface area contributed by atoms with E-state index >= 15 is 0 Å². The third-order valence-corrected chi connectivity index (χ3v) is 11.6. The lowest BCUT2D eigenvalue weighted by molar-refractivity contribution is -0.126. The summed E-state index contributed by atoms with van der Waals surface area (Å²) < 4.78 is 40.7. The molecular formula is C54H64F2N12O4. The molecule has 4 N–H and O–H groups in total. The normalized spacial score (nSPS) is 12.4. The highest BCUT2D eigenvalue weighted by Crippen LogP contribution is 2.26. The second-order valence-corrected chi connectivity index (χ2v) is 17.3. The topological polar surface area (TPSA) is 165 Å². The van der Waals surface area contributed by atoms with E-state index in [0.29, 0.717) is 43.6 Å². The molecule has 16 nitrogen and oxygen atoms in total. The maximum Gasteiger partial charge on any atom is 0.245 e. The van der Waals surface area contributed by atoms with Crippen LogP contribution < -0.4 is 30.7 Å². The van der Waals surface area contributed by atoms with Gasteiger partial charge in [0.1, 0.15) is 18.1 Å². The first-order chi connectivity index (χ1) is 34.8. The molecule has 7 rings (SSSR count). The predicted molar refractivity (Wildman–Crippen MR) is 281 cm³/mol. The van der Waals surface area contributed by atoms with Crippen molar-refractivity contribution >= 4 is 58.1 Å². The number of rotatable bonds is 22. The zero-order chi connectivity index (χ0) is 51.4. The summed E-state index contributed by atoms with van der Waals surface area (Å²) in [4.78, 5) is 47.7. The Kier molecular flexibility index (Phi) is 19.9. The summed E-state index contributed by atoms with van der Waals surface area (Å²) in [5, 5.41) is 12.2. The van der Waals surface area contributed by atoms with E-state index in [4.69, 9.17) is 9.47 Å². The van der Waals surface area contributed by atoms with Crippen molar-refractivity contribution in [3.05, 3.63) is 158 Å². The van der Waals surface area contributed by atoms with Crippen LogP contribution in [0, 0.1) is 17.6 Å². The number of aromatic nitrogens is 4. The summed E-state index contributed by atoms with van der Waals surface area (Å²) in [5.74, 6) is 1.21. The van der Waals surface area contributed by atoms with Crippen LogP contribution in [0.5, 0.6) is 11.5 Å². The minimum absolute atomic E-state index is 0.0456. The van der Waals surface area contributed by atoms with Gasteiger partial charge in [-0.25, -0.2) is 18.7 Å². The molecule has 4 aromatic carbocycles. The Morgan fingerprint density at radius 3 is 1.58 bits per heavy atom. The van der Waals surface area contributed by atoms with Crippen LogP contribution in [0.4, 0.5) is 55.1 Å². The van der Waals surface area contributed by atoms with Gasteiger partial charge in [0.05, 0.1) is 19.0 Å². The van der Waals surface area contributed by atoms with Gasteiger partial charge in [0.2, 0.25) is 23.7 Å². The Hall–Kier alpha value is -7.96. The fourth-order valence-corrected chi connectivity index (χ4v) is 7.21. The lowest BCUT2D eigenvalue weighted by Gasteiger charge is -2.28. The lowest BCUT2D eigenvalue weighted by Crippen LogP contribution is -2.32. The average Bonchev–Trinajstić information content (AvgIpc) is 3.39. The Balaban J connectivity index is 0.000000236. The molecule has 18 heteroatoms. The number of hydrogen-bond acceptors (Lipinski definition) is 14. The van der Waals surface area contributed by atoms with Crippen molar-refractivity contribution in [1.82, 2.24) is 39.5 Å². The van der Waals surface area contributed by atoms with Crippen LogP contribution in [-0.2, 0) is 22.7 Å². The standard InChI is InChI=1S/C28H33FN6O2.C26H31FN6O2/c1-4-26(36)35(3)18-20-8-10-22(11-9-20)31-27-25(29)17-30-28(33-27)32-23-6-5-7-24(16-23)37-19-21-12-14-34(2)15-13-21;1-5-24(34)33(4)18-19-10-12-20(13-11-19)29-25-23(27)17-28-26(31-25)30-21-8-7-9-22(16-21)35-15-14-32(3)6-2/h4-11,16-17,21H,1,12-15,18-19H2,2-3H3,(H2,30,31,32,33);5,7-13,16-17H,1,6,14-15,18H2,2-4H3,(H2,28,29,30,31). The summed E-state index contributed by atoms with van der Waals surface area (Å²) in [6.07, 6.45) is 7.07. The van der Waals surface area contributed by atoms with Crippen molar-refractivity contribution in [3.63, 3.8) is 0 Å². The number of carbonyl (C=O) groups is 2. The molecule has 72 heavy (non-hydrogen) atoms. The fraction of sp³-hybridized carbons (Fsp3) is 0.296. The molecule has 1 fully saturated rings. The maximum absolute atomic E-state index is 14.4.